The van der Waals surface area contributed by atoms with Gasteiger partial charge in [-0.25, -0.2) is 15.0 Å². The van der Waals surface area contributed by atoms with Crippen molar-refractivity contribution < 1.29 is 5.11 Å². The third-order valence-electron chi connectivity index (χ3n) is 3.39. The zero-order chi connectivity index (χ0) is 14.2. The van der Waals surface area contributed by atoms with Gasteiger partial charge in [0.15, 0.2) is 5.65 Å². The number of H-pyrrole nitrogens is 1. The predicted octanol–water partition coefficient (Wildman–Crippen LogP) is 2.65. The predicted molar refractivity (Wildman–Crippen MR) is 82.2 cm³/mol. The van der Waals surface area contributed by atoms with E-state index in [0.29, 0.717) is 5.65 Å². The lowest BCUT2D eigenvalue weighted by Gasteiger charge is -1.98. The maximum Gasteiger partial charge on any atom is 0.177 e. The van der Waals surface area contributed by atoms with Gasteiger partial charge in [0.2, 0.25) is 0 Å². The summed E-state index contributed by atoms with van der Waals surface area (Å²) >= 11 is 1.64. The Kier molecular flexibility index (Phi) is 2.90. The molecular formula is C15H12N4OS. The monoisotopic (exact) mass is 296 g/mol. The van der Waals surface area contributed by atoms with E-state index in [4.69, 9.17) is 5.11 Å². The van der Waals surface area contributed by atoms with Crippen molar-refractivity contribution in [3.8, 4) is 0 Å². The van der Waals surface area contributed by atoms with Crippen LogP contribution in [0.4, 0.5) is 0 Å². The fourth-order valence-electron chi connectivity index (χ4n) is 2.37. The van der Waals surface area contributed by atoms with E-state index in [0.717, 1.165) is 28.8 Å². The molecule has 0 aliphatic rings. The number of aliphatic hydroxyl groups excluding tert-OH is 1. The minimum absolute atomic E-state index is 0.0145. The fraction of sp³-hybridized carbons (Fsp3) is 0.133. The molecule has 4 rings (SSSR count). The van der Waals surface area contributed by atoms with Gasteiger partial charge < -0.3 is 10.1 Å². The molecule has 0 spiro atoms. The highest BCUT2D eigenvalue weighted by Gasteiger charge is 2.07. The second-order valence-electron chi connectivity index (χ2n) is 4.89. The Morgan fingerprint density at radius 2 is 2.10 bits per heavy atom. The number of rotatable bonds is 3. The summed E-state index contributed by atoms with van der Waals surface area (Å²) in [5, 5.41) is 9.14. The Balaban J connectivity index is 1.69. The van der Waals surface area contributed by atoms with Crippen molar-refractivity contribution in [2.45, 2.75) is 13.0 Å². The van der Waals surface area contributed by atoms with Gasteiger partial charge in [0, 0.05) is 12.6 Å². The van der Waals surface area contributed by atoms with E-state index in [2.05, 4.69) is 32.1 Å². The molecule has 3 aromatic heterocycles. The molecule has 5 nitrogen and oxygen atoms in total. The van der Waals surface area contributed by atoms with E-state index in [-0.39, 0.29) is 6.61 Å². The second-order valence-corrected chi connectivity index (χ2v) is 5.77. The molecule has 0 bridgehead atoms. The number of aromatic amines is 1. The summed E-state index contributed by atoms with van der Waals surface area (Å²) in [6.07, 6.45) is 2.37. The summed E-state index contributed by atoms with van der Waals surface area (Å²) in [5.41, 5.74) is 6.40. The van der Waals surface area contributed by atoms with Crippen LogP contribution in [0.5, 0.6) is 0 Å². The average molecular weight is 296 g/mol. The Bertz CT molecular complexity index is 928. The fourth-order valence-corrected chi connectivity index (χ4v) is 3.11. The van der Waals surface area contributed by atoms with Crippen LogP contribution in [0.15, 0.2) is 36.0 Å². The van der Waals surface area contributed by atoms with E-state index in [1.165, 1.54) is 10.3 Å². The van der Waals surface area contributed by atoms with Gasteiger partial charge in [0.05, 0.1) is 27.9 Å². The van der Waals surface area contributed by atoms with Gasteiger partial charge in [-0.1, -0.05) is 6.07 Å². The molecule has 3 heterocycles. The van der Waals surface area contributed by atoms with E-state index >= 15 is 0 Å². The van der Waals surface area contributed by atoms with Crippen LogP contribution in [0.1, 0.15) is 17.0 Å². The minimum atomic E-state index is -0.0145. The second kappa shape index (κ2) is 4.91. The third kappa shape index (κ3) is 2.28. The molecule has 0 radical (unpaired) electrons. The first-order chi connectivity index (χ1) is 10.3. The lowest BCUT2D eigenvalue weighted by atomic mass is 10.1. The molecule has 0 aliphatic carbocycles. The van der Waals surface area contributed by atoms with Crippen molar-refractivity contribution in [2.24, 2.45) is 0 Å². The van der Waals surface area contributed by atoms with Gasteiger partial charge in [0.25, 0.3) is 0 Å². The molecule has 4 aromatic rings. The minimum Gasteiger partial charge on any atom is -0.392 e. The summed E-state index contributed by atoms with van der Waals surface area (Å²) in [6, 6.07) is 8.13. The molecule has 6 heteroatoms. The van der Waals surface area contributed by atoms with E-state index in [1.54, 1.807) is 17.5 Å². The number of nitrogens with zero attached hydrogens (tertiary/aromatic N) is 3. The van der Waals surface area contributed by atoms with E-state index in [9.17, 15) is 0 Å². The molecule has 1 aromatic carbocycles. The molecule has 2 N–H and O–H groups in total. The van der Waals surface area contributed by atoms with Gasteiger partial charge in [-0.2, -0.15) is 0 Å². The number of thiazole rings is 1. The zero-order valence-corrected chi connectivity index (χ0v) is 11.9. The highest BCUT2D eigenvalue weighted by Crippen LogP contribution is 2.21. The van der Waals surface area contributed by atoms with Crippen LogP contribution >= 0.6 is 11.3 Å². The van der Waals surface area contributed by atoms with Crippen LogP contribution in [0.3, 0.4) is 0 Å². The first-order valence-corrected chi connectivity index (χ1v) is 7.46. The third-order valence-corrected chi connectivity index (χ3v) is 4.18. The van der Waals surface area contributed by atoms with Crippen molar-refractivity contribution >= 4 is 32.7 Å². The molecule has 104 valence electrons. The SMILES string of the molecule is OCc1cnc2nc(Cc3ccc4ncsc4c3)[nH]c2c1. The van der Waals surface area contributed by atoms with Crippen molar-refractivity contribution in [1.82, 2.24) is 19.9 Å². The number of hydrogen-bond donors (Lipinski definition) is 2. The summed E-state index contributed by atoms with van der Waals surface area (Å²) in [4.78, 5) is 16.3. The number of benzene rings is 1. The van der Waals surface area contributed by atoms with Gasteiger partial charge in [-0.3, -0.25) is 0 Å². The molecule has 0 saturated heterocycles. The zero-order valence-electron chi connectivity index (χ0n) is 11.1. The standard InChI is InChI=1S/C15H12N4OS/c20-7-10-3-12-15(16-6-10)19-14(18-12)5-9-1-2-11-13(4-9)21-8-17-11/h1-4,6,8,20H,5,7H2,(H,16,18,19). The van der Waals surface area contributed by atoms with Gasteiger partial charge in [0.1, 0.15) is 5.82 Å². The molecular weight excluding hydrogens is 284 g/mol. The van der Waals surface area contributed by atoms with E-state index < -0.39 is 0 Å². The average Bonchev–Trinajstić information content (AvgIpc) is 3.11. The Labute approximate surface area is 124 Å². The summed E-state index contributed by atoms with van der Waals surface area (Å²) in [7, 11) is 0. The van der Waals surface area contributed by atoms with Crippen LogP contribution < -0.4 is 0 Å². The van der Waals surface area contributed by atoms with Gasteiger partial charge in [-0.15, -0.1) is 11.3 Å². The van der Waals surface area contributed by atoms with Gasteiger partial charge in [-0.05, 0) is 29.3 Å². The van der Waals surface area contributed by atoms with Crippen molar-refractivity contribution in [2.75, 3.05) is 0 Å². The number of pyridine rings is 1. The number of aliphatic hydroxyl groups is 1. The Morgan fingerprint density at radius 3 is 3.00 bits per heavy atom. The van der Waals surface area contributed by atoms with Crippen LogP contribution in [0.2, 0.25) is 0 Å². The maximum atomic E-state index is 9.14. The highest BCUT2D eigenvalue weighted by molar-refractivity contribution is 7.16. The summed E-state index contributed by atoms with van der Waals surface area (Å²) < 4.78 is 1.18. The molecule has 0 aliphatic heterocycles. The molecule has 0 atom stereocenters. The number of fused-ring (bicyclic) bond motifs is 2. The topological polar surface area (TPSA) is 74.7 Å². The Morgan fingerprint density at radius 1 is 1.14 bits per heavy atom. The molecule has 0 fully saturated rings. The van der Waals surface area contributed by atoms with Crippen LogP contribution in [-0.2, 0) is 13.0 Å². The lowest BCUT2D eigenvalue weighted by Crippen LogP contribution is -1.90. The number of nitrogens with one attached hydrogen (secondary N) is 1. The summed E-state index contributed by atoms with van der Waals surface area (Å²) in [5.74, 6) is 0.872. The smallest absolute Gasteiger partial charge is 0.177 e. The van der Waals surface area contributed by atoms with Crippen LogP contribution in [0, 0.1) is 0 Å². The van der Waals surface area contributed by atoms with Crippen LogP contribution in [-0.4, -0.2) is 25.0 Å². The quantitative estimate of drug-likeness (QED) is 0.609. The molecule has 21 heavy (non-hydrogen) atoms. The molecule has 0 saturated carbocycles. The van der Waals surface area contributed by atoms with Crippen molar-refractivity contribution in [3.05, 3.63) is 52.9 Å². The number of aromatic nitrogens is 4. The number of hydrogen-bond acceptors (Lipinski definition) is 5. The first kappa shape index (κ1) is 12.4. The normalized spacial score (nSPS) is 11.5. The largest absolute Gasteiger partial charge is 0.392 e. The maximum absolute atomic E-state index is 9.14. The summed E-state index contributed by atoms with van der Waals surface area (Å²) in [6.45, 7) is -0.0145. The molecule has 0 amide bonds. The van der Waals surface area contributed by atoms with Crippen LogP contribution in [0.25, 0.3) is 21.4 Å². The highest BCUT2D eigenvalue weighted by atomic mass is 32.1. The lowest BCUT2D eigenvalue weighted by molar-refractivity contribution is 0.281. The van der Waals surface area contributed by atoms with E-state index in [1.807, 2.05) is 17.6 Å². The first-order valence-electron chi connectivity index (χ1n) is 6.58. The van der Waals surface area contributed by atoms with Crippen molar-refractivity contribution in [1.29, 1.82) is 0 Å². The Hall–Kier alpha value is -2.31. The van der Waals surface area contributed by atoms with Gasteiger partial charge >= 0.3 is 0 Å². The number of imidazole rings is 1. The van der Waals surface area contributed by atoms with Crippen molar-refractivity contribution in [3.63, 3.8) is 0 Å². The molecule has 0 unspecified atom stereocenters.